The fraction of sp³-hybridized carbons (Fsp3) is 0.417. The first kappa shape index (κ1) is 20.3. The van der Waals surface area contributed by atoms with Crippen molar-refractivity contribution in [2.75, 3.05) is 14.1 Å². The molecule has 152 valence electrons. The monoisotopic (exact) mass is 453 g/mol. The molecular formula is C24H28BrN3O. The molecule has 4 nitrogen and oxygen atoms in total. The predicted octanol–water partition coefficient (Wildman–Crippen LogP) is 6.15. The van der Waals surface area contributed by atoms with Crippen molar-refractivity contribution in [3.8, 4) is 11.4 Å². The van der Waals surface area contributed by atoms with Gasteiger partial charge >= 0.3 is 0 Å². The van der Waals surface area contributed by atoms with E-state index < -0.39 is 0 Å². The lowest BCUT2D eigenvalue weighted by molar-refractivity contribution is 0.146. The Morgan fingerprint density at radius 2 is 1.79 bits per heavy atom. The van der Waals surface area contributed by atoms with E-state index in [0.29, 0.717) is 23.7 Å². The van der Waals surface area contributed by atoms with Gasteiger partial charge in [0, 0.05) is 22.5 Å². The number of hydrogen-bond donors (Lipinski definition) is 0. The molecule has 0 aliphatic heterocycles. The molecule has 29 heavy (non-hydrogen) atoms. The number of halogens is 1. The van der Waals surface area contributed by atoms with Gasteiger partial charge in [0.15, 0.2) is 0 Å². The summed E-state index contributed by atoms with van der Waals surface area (Å²) < 4.78 is 6.58. The van der Waals surface area contributed by atoms with Crippen LogP contribution in [-0.4, -0.2) is 29.1 Å². The molecule has 1 aliphatic carbocycles. The fourth-order valence-electron chi connectivity index (χ4n) is 4.68. The van der Waals surface area contributed by atoms with Gasteiger partial charge in [-0.3, -0.25) is 0 Å². The Labute approximate surface area is 181 Å². The first-order valence-corrected chi connectivity index (χ1v) is 11.2. The van der Waals surface area contributed by atoms with Crippen molar-refractivity contribution in [3.05, 3.63) is 70.5 Å². The maximum atomic E-state index is 5.56. The zero-order valence-corrected chi connectivity index (χ0v) is 18.7. The lowest BCUT2D eigenvalue weighted by Gasteiger charge is -2.37. The largest absolute Gasteiger partial charge is 0.339 e. The zero-order chi connectivity index (χ0) is 20.2. The minimum Gasteiger partial charge on any atom is -0.339 e. The van der Waals surface area contributed by atoms with E-state index in [9.17, 15) is 0 Å². The Bertz CT molecular complexity index is 917. The second-order valence-electron chi connectivity index (χ2n) is 8.33. The van der Waals surface area contributed by atoms with E-state index in [0.717, 1.165) is 22.3 Å². The minimum atomic E-state index is 0.490. The highest BCUT2D eigenvalue weighted by atomic mass is 79.9. The van der Waals surface area contributed by atoms with Crippen LogP contribution in [0, 0.1) is 11.8 Å². The molecule has 1 saturated carbocycles. The molecule has 1 aliphatic rings. The third-order valence-corrected chi connectivity index (χ3v) is 6.54. The van der Waals surface area contributed by atoms with Crippen LogP contribution < -0.4 is 0 Å². The van der Waals surface area contributed by atoms with Gasteiger partial charge in [0.05, 0.1) is 0 Å². The first-order valence-electron chi connectivity index (χ1n) is 10.4. The topological polar surface area (TPSA) is 42.2 Å². The molecule has 1 unspecified atom stereocenters. The summed E-state index contributed by atoms with van der Waals surface area (Å²) in [7, 11) is 4.40. The summed E-state index contributed by atoms with van der Waals surface area (Å²) in [6.45, 7) is 0. The van der Waals surface area contributed by atoms with Crippen molar-refractivity contribution < 1.29 is 4.52 Å². The van der Waals surface area contributed by atoms with E-state index in [1.807, 2.05) is 24.3 Å². The van der Waals surface area contributed by atoms with Crippen LogP contribution in [0.2, 0.25) is 0 Å². The van der Waals surface area contributed by atoms with Gasteiger partial charge in [0.2, 0.25) is 11.7 Å². The standard InChI is InChI=1S/C24H28BrN3O/c1-28(2)23(18-7-4-3-5-8-18)19-13-11-17(12-14-19)15-22-26-24(27-29-22)20-9-6-10-21(25)16-20/h3-10,16-17,19,23H,11-15H2,1-2H3. The summed E-state index contributed by atoms with van der Waals surface area (Å²) in [4.78, 5) is 7.02. The van der Waals surface area contributed by atoms with E-state index in [-0.39, 0.29) is 0 Å². The van der Waals surface area contributed by atoms with Crippen LogP contribution in [0.1, 0.15) is 43.2 Å². The molecule has 0 radical (unpaired) electrons. The van der Waals surface area contributed by atoms with Crippen molar-refractivity contribution in [3.63, 3.8) is 0 Å². The van der Waals surface area contributed by atoms with Crippen LogP contribution in [0.3, 0.4) is 0 Å². The SMILES string of the molecule is CN(C)C(c1ccccc1)C1CCC(Cc2nc(-c3cccc(Br)c3)no2)CC1. The third kappa shape index (κ3) is 4.96. The van der Waals surface area contributed by atoms with Crippen molar-refractivity contribution in [2.24, 2.45) is 11.8 Å². The lowest BCUT2D eigenvalue weighted by Crippen LogP contribution is -2.30. The molecule has 1 aromatic heterocycles. The van der Waals surface area contributed by atoms with Gasteiger partial charge in [-0.15, -0.1) is 0 Å². The second-order valence-corrected chi connectivity index (χ2v) is 9.24. The zero-order valence-electron chi connectivity index (χ0n) is 17.1. The quantitative estimate of drug-likeness (QED) is 0.448. The number of nitrogens with zero attached hydrogens (tertiary/aromatic N) is 3. The smallest absolute Gasteiger partial charge is 0.227 e. The van der Waals surface area contributed by atoms with E-state index >= 15 is 0 Å². The molecule has 0 spiro atoms. The first-order chi connectivity index (χ1) is 14.1. The van der Waals surface area contributed by atoms with E-state index in [4.69, 9.17) is 4.52 Å². The highest BCUT2D eigenvalue weighted by molar-refractivity contribution is 9.10. The Balaban J connectivity index is 1.37. The summed E-state index contributed by atoms with van der Waals surface area (Å²) in [5, 5.41) is 4.19. The molecule has 0 bridgehead atoms. The highest BCUT2D eigenvalue weighted by Gasteiger charge is 2.30. The van der Waals surface area contributed by atoms with Crippen LogP contribution >= 0.6 is 15.9 Å². The van der Waals surface area contributed by atoms with Crippen LogP contribution in [0.25, 0.3) is 11.4 Å². The van der Waals surface area contributed by atoms with Crippen LogP contribution in [0.5, 0.6) is 0 Å². The average molecular weight is 454 g/mol. The lowest BCUT2D eigenvalue weighted by atomic mass is 9.75. The summed E-state index contributed by atoms with van der Waals surface area (Å²) in [6, 6.07) is 19.4. The maximum Gasteiger partial charge on any atom is 0.227 e. The Morgan fingerprint density at radius 3 is 2.48 bits per heavy atom. The molecule has 0 N–H and O–H groups in total. The highest BCUT2D eigenvalue weighted by Crippen LogP contribution is 2.40. The van der Waals surface area contributed by atoms with Gasteiger partial charge in [-0.2, -0.15) is 4.98 Å². The average Bonchev–Trinajstić information content (AvgIpc) is 3.19. The van der Waals surface area contributed by atoms with E-state index in [2.05, 4.69) is 75.4 Å². The predicted molar refractivity (Wildman–Crippen MR) is 119 cm³/mol. The van der Waals surface area contributed by atoms with Gasteiger partial charge < -0.3 is 9.42 Å². The number of benzene rings is 2. The van der Waals surface area contributed by atoms with Crippen LogP contribution in [0.15, 0.2) is 63.6 Å². The molecule has 1 fully saturated rings. The summed E-state index contributed by atoms with van der Waals surface area (Å²) in [5.74, 6) is 2.76. The van der Waals surface area contributed by atoms with Gasteiger partial charge in [0.25, 0.3) is 0 Å². The maximum absolute atomic E-state index is 5.56. The number of aromatic nitrogens is 2. The molecule has 0 amide bonds. The number of hydrogen-bond acceptors (Lipinski definition) is 4. The molecule has 2 aromatic carbocycles. The normalized spacial score (nSPS) is 20.7. The van der Waals surface area contributed by atoms with Crippen molar-refractivity contribution in [1.82, 2.24) is 15.0 Å². The molecule has 1 heterocycles. The Kier molecular flexibility index (Phi) is 6.46. The van der Waals surface area contributed by atoms with E-state index in [1.165, 1.54) is 31.2 Å². The second kappa shape index (κ2) is 9.23. The summed E-state index contributed by atoms with van der Waals surface area (Å²) >= 11 is 3.50. The summed E-state index contributed by atoms with van der Waals surface area (Å²) in [5.41, 5.74) is 2.41. The molecule has 5 heteroatoms. The molecule has 0 saturated heterocycles. The van der Waals surface area contributed by atoms with Crippen molar-refractivity contribution in [2.45, 2.75) is 38.1 Å². The van der Waals surface area contributed by atoms with Gasteiger partial charge in [-0.05, 0) is 69.3 Å². The van der Waals surface area contributed by atoms with E-state index in [1.54, 1.807) is 0 Å². The van der Waals surface area contributed by atoms with Gasteiger partial charge in [-0.25, -0.2) is 0 Å². The van der Waals surface area contributed by atoms with Crippen LogP contribution in [0.4, 0.5) is 0 Å². The van der Waals surface area contributed by atoms with Crippen molar-refractivity contribution in [1.29, 1.82) is 0 Å². The molecular weight excluding hydrogens is 426 g/mol. The third-order valence-electron chi connectivity index (χ3n) is 6.05. The van der Waals surface area contributed by atoms with Gasteiger partial charge in [0.1, 0.15) is 0 Å². The van der Waals surface area contributed by atoms with Crippen LogP contribution in [-0.2, 0) is 6.42 Å². The number of rotatable bonds is 6. The van der Waals surface area contributed by atoms with Crippen molar-refractivity contribution >= 4 is 15.9 Å². The molecule has 3 aromatic rings. The Hall–Kier alpha value is -1.98. The minimum absolute atomic E-state index is 0.490. The van der Waals surface area contributed by atoms with Gasteiger partial charge in [-0.1, -0.05) is 63.6 Å². The Morgan fingerprint density at radius 1 is 1.03 bits per heavy atom. The fourth-order valence-corrected chi connectivity index (χ4v) is 5.08. The summed E-state index contributed by atoms with van der Waals surface area (Å²) in [6.07, 6.45) is 5.81. The molecule has 1 atom stereocenters. The molecule has 4 rings (SSSR count).